The van der Waals surface area contributed by atoms with Crippen LogP contribution in [0.2, 0.25) is 0 Å². The van der Waals surface area contributed by atoms with E-state index in [-0.39, 0.29) is 48.5 Å². The van der Waals surface area contributed by atoms with Gasteiger partial charge in [0, 0.05) is 98.1 Å². The number of hydrogen-bond donors (Lipinski definition) is 1. The number of ether oxygens (including phenoxy) is 8. The molecule has 0 unspecified atom stereocenters. The molecular formula is C47H75NO13. The Morgan fingerprint density at radius 1 is 1.00 bits per heavy atom. The van der Waals surface area contributed by atoms with Gasteiger partial charge in [0.2, 0.25) is 6.41 Å². The van der Waals surface area contributed by atoms with Gasteiger partial charge in [0.1, 0.15) is 23.6 Å². The molecule has 1 N–H and O–H groups in total. The Labute approximate surface area is 364 Å². The second kappa shape index (κ2) is 25.2. The maximum atomic E-state index is 13.6. The minimum absolute atomic E-state index is 0.0943. The van der Waals surface area contributed by atoms with Gasteiger partial charge >= 0.3 is 11.9 Å². The van der Waals surface area contributed by atoms with Crippen molar-refractivity contribution in [2.45, 2.75) is 154 Å². The molecule has 0 radical (unpaired) electrons. The minimum atomic E-state index is -0.976. The lowest BCUT2D eigenvalue weighted by atomic mass is 9.78. The average Bonchev–Trinajstić information content (AvgIpc) is 4.06. The van der Waals surface area contributed by atoms with E-state index in [1.807, 2.05) is 40.7 Å². The molecule has 3 aliphatic heterocycles. The summed E-state index contributed by atoms with van der Waals surface area (Å²) in [6.45, 7) is 12.8. The molecule has 61 heavy (non-hydrogen) atoms. The van der Waals surface area contributed by atoms with Gasteiger partial charge in [-0.1, -0.05) is 70.6 Å². The van der Waals surface area contributed by atoms with E-state index >= 15 is 0 Å². The molecule has 2 bridgehead atoms. The second-order valence-corrected chi connectivity index (χ2v) is 17.4. The first kappa shape index (κ1) is 52.1. The van der Waals surface area contributed by atoms with Crippen LogP contribution in [-0.2, 0) is 57.1 Å². The number of amides is 1. The standard InChI is InChI=1S/C47H75NO13/c1-29-16-19-36(54-9)24-37-14-13-15-38(60-37)25-41(56-11)47(27-58-47)42(57-12)26-40(55-10)33(5)46(61-43(52)21-17-29)34(6)44(53)30(2)18-20-39(51)32(4)45(59-35(7)50)31(3)22-23-48(8)28-49/h13-14,16-17,21-23,28,30-34,36-38,40-42,44-46,53H,15,18-20,24-27H2,1-12H3/b21-17?,23-22+,29-16?/t30-,31+,32-,33-,34-,36-,37-,38-,40+,41-,42-,44-,45+,46-,47-/m0/s1. The first-order valence-electron chi connectivity index (χ1n) is 21.8. The van der Waals surface area contributed by atoms with Crippen molar-refractivity contribution >= 4 is 24.1 Å². The zero-order valence-electron chi connectivity index (χ0n) is 38.7. The molecule has 0 aromatic rings. The van der Waals surface area contributed by atoms with E-state index in [0.717, 1.165) is 12.0 Å². The molecule has 0 aromatic carbocycles. The molecule has 3 aliphatic rings. The Morgan fingerprint density at radius 2 is 1.67 bits per heavy atom. The molecule has 0 saturated carbocycles. The summed E-state index contributed by atoms with van der Waals surface area (Å²) in [6.07, 6.45) is 12.6. The number of methoxy groups -OCH3 is 4. The summed E-state index contributed by atoms with van der Waals surface area (Å²) in [5.74, 6) is -3.60. The number of carbonyl (C=O) groups is 4. The summed E-state index contributed by atoms with van der Waals surface area (Å²) in [5, 5.41) is 11.9. The highest BCUT2D eigenvalue weighted by Crippen LogP contribution is 2.43. The van der Waals surface area contributed by atoms with Gasteiger partial charge in [-0.25, -0.2) is 4.79 Å². The number of allylic oxidation sites excluding steroid dienone is 2. The lowest BCUT2D eigenvalue weighted by Gasteiger charge is -2.39. The Morgan fingerprint density at radius 3 is 2.26 bits per heavy atom. The number of fused-ring (bicyclic) bond motifs is 2. The first-order chi connectivity index (χ1) is 28.9. The molecule has 15 atom stereocenters. The predicted octanol–water partition coefficient (Wildman–Crippen LogP) is 5.94. The molecule has 346 valence electrons. The van der Waals surface area contributed by atoms with Gasteiger partial charge in [0.25, 0.3) is 0 Å². The van der Waals surface area contributed by atoms with Crippen LogP contribution >= 0.6 is 0 Å². The SMILES string of the molecule is CO[C@H]1CC=C(C)C=CC(=O)O[C@H]([C@@H](C)[C@@H](O)[C@@H](C)CCC(=O)[C@H](C)[C@H](OC(C)=O)[C@H](C)/C=C/N(C)C=O)[C@@H](C)[C@H](OC)C[C@H](OC)[C@]2(CO2)[C@@H](OC)C[C@@H]2CC=C[C@@H](C1)O2. The molecule has 1 fully saturated rings. The molecule has 14 heteroatoms. The molecule has 1 saturated heterocycles. The van der Waals surface area contributed by atoms with Crippen LogP contribution in [-0.4, -0.2) is 137 Å². The summed E-state index contributed by atoms with van der Waals surface area (Å²) >= 11 is 0. The van der Waals surface area contributed by atoms with E-state index in [4.69, 9.17) is 37.9 Å². The van der Waals surface area contributed by atoms with Crippen LogP contribution in [0.25, 0.3) is 0 Å². The third-order valence-corrected chi connectivity index (χ3v) is 12.9. The third kappa shape index (κ3) is 15.2. The second-order valence-electron chi connectivity index (χ2n) is 17.4. The third-order valence-electron chi connectivity index (χ3n) is 12.9. The van der Waals surface area contributed by atoms with Crippen LogP contribution in [0.1, 0.15) is 93.4 Å². The number of epoxide rings is 1. The van der Waals surface area contributed by atoms with E-state index in [9.17, 15) is 24.3 Å². The Kier molecular flexibility index (Phi) is 21.5. The smallest absolute Gasteiger partial charge is 0.331 e. The number of ketones is 1. The Hall–Kier alpha value is -3.24. The zero-order chi connectivity index (χ0) is 45.4. The molecule has 3 heterocycles. The quantitative estimate of drug-likeness (QED) is 0.0790. The first-order valence-corrected chi connectivity index (χ1v) is 21.8. The van der Waals surface area contributed by atoms with Crippen LogP contribution in [0, 0.1) is 29.6 Å². The minimum Gasteiger partial charge on any atom is -0.461 e. The molecular weight excluding hydrogens is 787 g/mol. The van der Waals surface area contributed by atoms with Gasteiger partial charge in [0.05, 0.1) is 55.3 Å². The zero-order valence-corrected chi connectivity index (χ0v) is 38.7. The van der Waals surface area contributed by atoms with Gasteiger partial charge in [0.15, 0.2) is 0 Å². The van der Waals surface area contributed by atoms with Crippen molar-refractivity contribution in [3.63, 3.8) is 0 Å². The van der Waals surface area contributed by atoms with Crippen molar-refractivity contribution in [2.75, 3.05) is 42.1 Å². The van der Waals surface area contributed by atoms with Crippen molar-refractivity contribution in [3.05, 3.63) is 48.2 Å². The highest BCUT2D eigenvalue weighted by Gasteiger charge is 2.59. The number of aliphatic hydroxyl groups is 1. The normalized spacial score (nSPS) is 32.1. The number of Topliss-reactive ketones (excluding diaryl/α,β-unsaturated/α-hetero) is 1. The number of carbonyl (C=O) groups excluding carboxylic acids is 4. The largest absolute Gasteiger partial charge is 0.461 e. The van der Waals surface area contributed by atoms with Gasteiger partial charge in [-0.3, -0.25) is 14.4 Å². The summed E-state index contributed by atoms with van der Waals surface area (Å²) in [4.78, 5) is 51.7. The van der Waals surface area contributed by atoms with Crippen molar-refractivity contribution in [3.8, 4) is 0 Å². The van der Waals surface area contributed by atoms with Gasteiger partial charge in [-0.15, -0.1) is 0 Å². The highest BCUT2D eigenvalue weighted by molar-refractivity contribution is 5.83. The maximum Gasteiger partial charge on any atom is 0.331 e. The van der Waals surface area contributed by atoms with Crippen LogP contribution in [0.3, 0.4) is 0 Å². The number of cyclic esters (lactones) is 1. The molecule has 14 nitrogen and oxygen atoms in total. The topological polar surface area (TPSA) is 169 Å². The number of hydrogen-bond acceptors (Lipinski definition) is 13. The molecule has 3 rings (SSSR count). The van der Waals surface area contributed by atoms with Crippen molar-refractivity contribution in [2.24, 2.45) is 29.6 Å². The Bertz CT molecular complexity index is 1520. The number of aliphatic hydroxyl groups excluding tert-OH is 1. The lowest BCUT2D eigenvalue weighted by molar-refractivity contribution is -0.159. The van der Waals surface area contributed by atoms with Gasteiger partial charge in [-0.05, 0) is 32.1 Å². The fraction of sp³-hybridized carbons (Fsp3) is 0.745. The summed E-state index contributed by atoms with van der Waals surface area (Å²) in [6, 6.07) is 0. The van der Waals surface area contributed by atoms with E-state index in [0.29, 0.717) is 45.1 Å². The highest BCUT2D eigenvalue weighted by atomic mass is 16.6. The van der Waals surface area contributed by atoms with E-state index in [1.165, 1.54) is 17.9 Å². The van der Waals surface area contributed by atoms with Crippen molar-refractivity contribution in [1.29, 1.82) is 0 Å². The van der Waals surface area contributed by atoms with Crippen LogP contribution in [0.4, 0.5) is 0 Å². The maximum absolute atomic E-state index is 13.6. The number of esters is 2. The molecule has 0 aromatic heterocycles. The van der Waals surface area contributed by atoms with Crippen molar-refractivity contribution < 1.29 is 62.2 Å². The number of rotatable bonds is 17. The number of nitrogens with zero attached hydrogens (tertiary/aromatic N) is 1. The van der Waals surface area contributed by atoms with Gasteiger partial charge in [-0.2, -0.15) is 0 Å². The average molecular weight is 862 g/mol. The van der Waals surface area contributed by atoms with E-state index in [2.05, 4.69) is 12.2 Å². The van der Waals surface area contributed by atoms with E-state index in [1.54, 1.807) is 60.8 Å². The summed E-state index contributed by atoms with van der Waals surface area (Å²) in [5.41, 5.74) is 0.117. The predicted molar refractivity (Wildman–Crippen MR) is 230 cm³/mol. The van der Waals surface area contributed by atoms with Crippen molar-refractivity contribution in [1.82, 2.24) is 4.90 Å². The van der Waals surface area contributed by atoms with Crippen LogP contribution < -0.4 is 0 Å². The van der Waals surface area contributed by atoms with Gasteiger partial charge < -0.3 is 47.9 Å². The monoisotopic (exact) mass is 862 g/mol. The fourth-order valence-corrected chi connectivity index (χ4v) is 8.79. The van der Waals surface area contributed by atoms with Crippen LogP contribution in [0.15, 0.2) is 48.2 Å². The molecule has 1 amide bonds. The summed E-state index contributed by atoms with van der Waals surface area (Å²) < 4.78 is 48.8. The lowest BCUT2D eigenvalue weighted by Crippen LogP contribution is -2.50. The fourth-order valence-electron chi connectivity index (χ4n) is 8.79. The molecule has 1 spiro atoms. The van der Waals surface area contributed by atoms with Crippen LogP contribution in [0.5, 0.6) is 0 Å². The molecule has 0 aliphatic carbocycles. The summed E-state index contributed by atoms with van der Waals surface area (Å²) in [7, 11) is 8.20. The Balaban J connectivity index is 1.89. The van der Waals surface area contributed by atoms with E-state index < -0.39 is 65.8 Å².